The lowest BCUT2D eigenvalue weighted by Crippen LogP contribution is -2.36. The van der Waals surface area contributed by atoms with E-state index >= 15 is 0 Å². The summed E-state index contributed by atoms with van der Waals surface area (Å²) in [6.07, 6.45) is -2.90. The molecular weight excluding hydrogens is 259 g/mol. The van der Waals surface area contributed by atoms with Crippen LogP contribution < -0.4 is 0 Å². The average molecular weight is 277 g/mol. The van der Waals surface area contributed by atoms with Crippen molar-refractivity contribution in [1.29, 1.82) is 0 Å². The lowest BCUT2D eigenvalue weighted by molar-refractivity contribution is -0.142. The number of rotatable bonds is 3. The van der Waals surface area contributed by atoms with Gasteiger partial charge in [-0.15, -0.1) is 0 Å². The molecule has 7 heteroatoms. The summed E-state index contributed by atoms with van der Waals surface area (Å²) in [4.78, 5) is 1.96. The Kier molecular flexibility index (Phi) is 4.15. The first kappa shape index (κ1) is 14.3. The Bertz CT molecular complexity index is 422. The fourth-order valence-electron chi connectivity index (χ4n) is 2.05. The van der Waals surface area contributed by atoms with E-state index < -0.39 is 11.9 Å². The minimum atomic E-state index is -4.40. The molecule has 1 aromatic heterocycles. The molecule has 0 aliphatic carbocycles. The van der Waals surface area contributed by atoms with E-state index in [0.29, 0.717) is 26.3 Å². The van der Waals surface area contributed by atoms with Crippen molar-refractivity contribution in [3.8, 4) is 0 Å². The van der Waals surface area contributed by atoms with Crippen molar-refractivity contribution in [3.63, 3.8) is 0 Å². The van der Waals surface area contributed by atoms with Gasteiger partial charge < -0.3 is 4.74 Å². The Labute approximate surface area is 110 Å². The maximum atomic E-state index is 13.0. The van der Waals surface area contributed by atoms with Crippen LogP contribution in [0.15, 0.2) is 6.20 Å². The van der Waals surface area contributed by atoms with Crippen molar-refractivity contribution in [3.05, 3.63) is 17.5 Å². The molecule has 0 atom stereocenters. The zero-order valence-electron chi connectivity index (χ0n) is 11.1. The third-order valence-electron chi connectivity index (χ3n) is 3.10. The molecular formula is C12H18F3N3O. The van der Waals surface area contributed by atoms with Gasteiger partial charge in [0.05, 0.1) is 13.2 Å². The van der Waals surface area contributed by atoms with Gasteiger partial charge in [0.2, 0.25) is 0 Å². The van der Waals surface area contributed by atoms with E-state index in [1.807, 2.05) is 18.7 Å². The number of hydrogen-bond acceptors (Lipinski definition) is 3. The number of alkyl halides is 3. The summed E-state index contributed by atoms with van der Waals surface area (Å²) in [7, 11) is 0. The fourth-order valence-corrected chi connectivity index (χ4v) is 2.05. The average Bonchev–Trinajstić information content (AvgIpc) is 2.74. The summed E-state index contributed by atoms with van der Waals surface area (Å²) in [5.41, 5.74) is -0.532. The highest BCUT2D eigenvalue weighted by molar-refractivity contribution is 5.20. The second-order valence-electron chi connectivity index (χ2n) is 4.96. The van der Waals surface area contributed by atoms with Crippen molar-refractivity contribution in [2.24, 2.45) is 0 Å². The molecule has 0 radical (unpaired) electrons. The number of ether oxygens (including phenoxy) is 1. The molecule has 0 saturated carbocycles. The van der Waals surface area contributed by atoms with Crippen LogP contribution in [0.4, 0.5) is 13.2 Å². The largest absolute Gasteiger partial charge is 0.435 e. The summed E-state index contributed by atoms with van der Waals surface area (Å²) < 4.78 is 45.4. The minimum absolute atomic E-state index is 0.0838. The number of aromatic nitrogens is 2. The van der Waals surface area contributed by atoms with Crippen molar-refractivity contribution in [1.82, 2.24) is 14.7 Å². The van der Waals surface area contributed by atoms with E-state index in [4.69, 9.17) is 4.74 Å². The Balaban J connectivity index is 2.21. The van der Waals surface area contributed by atoms with Crippen molar-refractivity contribution < 1.29 is 17.9 Å². The molecule has 0 aromatic carbocycles. The fraction of sp³-hybridized carbons (Fsp3) is 0.750. The third kappa shape index (κ3) is 3.48. The van der Waals surface area contributed by atoms with Crippen LogP contribution in [0, 0.1) is 0 Å². The Morgan fingerprint density at radius 2 is 1.95 bits per heavy atom. The van der Waals surface area contributed by atoms with Gasteiger partial charge in [-0.05, 0) is 13.8 Å². The van der Waals surface area contributed by atoms with Crippen LogP contribution in [0.3, 0.4) is 0 Å². The van der Waals surface area contributed by atoms with Crippen LogP contribution in [-0.4, -0.2) is 41.0 Å². The number of nitrogens with zero attached hydrogens (tertiary/aromatic N) is 3. The van der Waals surface area contributed by atoms with Gasteiger partial charge in [-0.25, -0.2) is 0 Å². The van der Waals surface area contributed by atoms with Gasteiger partial charge in [0, 0.05) is 37.4 Å². The maximum absolute atomic E-state index is 13.0. The van der Waals surface area contributed by atoms with Crippen molar-refractivity contribution in [2.75, 3.05) is 26.3 Å². The standard InChI is InChI=1S/C12H18F3N3O/c1-9(2)18-8-10(11(16-18)12(13,14)15)7-17-3-5-19-6-4-17/h8-9H,3-7H2,1-2H3. The first-order chi connectivity index (χ1) is 8.88. The van der Waals surface area contributed by atoms with Crippen molar-refractivity contribution >= 4 is 0 Å². The second kappa shape index (κ2) is 5.50. The minimum Gasteiger partial charge on any atom is -0.379 e. The molecule has 108 valence electrons. The Morgan fingerprint density at radius 3 is 2.47 bits per heavy atom. The molecule has 0 spiro atoms. The lowest BCUT2D eigenvalue weighted by Gasteiger charge is -2.26. The van der Waals surface area contributed by atoms with E-state index in [9.17, 15) is 13.2 Å². The SMILES string of the molecule is CC(C)n1cc(CN2CCOCC2)c(C(F)(F)F)n1. The second-order valence-corrected chi connectivity index (χ2v) is 4.96. The van der Waals surface area contributed by atoms with Gasteiger partial charge in [0.15, 0.2) is 5.69 Å². The highest BCUT2D eigenvalue weighted by Gasteiger charge is 2.37. The molecule has 2 heterocycles. The number of halogens is 3. The topological polar surface area (TPSA) is 30.3 Å². The van der Waals surface area contributed by atoms with Gasteiger partial charge >= 0.3 is 6.18 Å². The molecule has 1 aromatic rings. The summed E-state index contributed by atoms with van der Waals surface area (Å²) in [6, 6.07) is -0.0838. The zero-order chi connectivity index (χ0) is 14.0. The quantitative estimate of drug-likeness (QED) is 0.849. The number of hydrogen-bond donors (Lipinski definition) is 0. The van der Waals surface area contributed by atoms with Crippen LogP contribution in [0.25, 0.3) is 0 Å². The van der Waals surface area contributed by atoms with Crippen LogP contribution in [-0.2, 0) is 17.5 Å². The predicted octanol–water partition coefficient (Wildman–Crippen LogP) is 2.32. The summed E-state index contributed by atoms with van der Waals surface area (Å²) >= 11 is 0. The molecule has 2 rings (SSSR count). The first-order valence-electron chi connectivity index (χ1n) is 6.33. The summed E-state index contributed by atoms with van der Waals surface area (Å²) in [5, 5.41) is 3.68. The molecule has 1 saturated heterocycles. The highest BCUT2D eigenvalue weighted by atomic mass is 19.4. The van der Waals surface area contributed by atoms with E-state index in [0.717, 1.165) is 0 Å². The molecule has 0 amide bonds. The molecule has 0 bridgehead atoms. The molecule has 19 heavy (non-hydrogen) atoms. The van der Waals surface area contributed by atoms with E-state index in [-0.39, 0.29) is 18.2 Å². The van der Waals surface area contributed by atoms with Gasteiger partial charge in [-0.1, -0.05) is 0 Å². The van der Waals surface area contributed by atoms with Crippen LogP contribution in [0.5, 0.6) is 0 Å². The first-order valence-corrected chi connectivity index (χ1v) is 6.33. The van der Waals surface area contributed by atoms with Gasteiger partial charge in [-0.3, -0.25) is 9.58 Å². The molecule has 1 aliphatic rings. The van der Waals surface area contributed by atoms with Crippen LogP contribution >= 0.6 is 0 Å². The molecule has 1 aliphatic heterocycles. The normalized spacial score (nSPS) is 18.2. The Hall–Kier alpha value is -1.08. The zero-order valence-corrected chi connectivity index (χ0v) is 11.1. The van der Waals surface area contributed by atoms with Gasteiger partial charge in [0.25, 0.3) is 0 Å². The van der Waals surface area contributed by atoms with Crippen molar-refractivity contribution in [2.45, 2.75) is 32.6 Å². The van der Waals surface area contributed by atoms with Gasteiger partial charge in [-0.2, -0.15) is 18.3 Å². The van der Waals surface area contributed by atoms with Crippen LogP contribution in [0.2, 0.25) is 0 Å². The number of morpholine rings is 1. The van der Waals surface area contributed by atoms with E-state index in [2.05, 4.69) is 5.10 Å². The van der Waals surface area contributed by atoms with Gasteiger partial charge in [0.1, 0.15) is 0 Å². The molecule has 0 N–H and O–H groups in total. The maximum Gasteiger partial charge on any atom is 0.435 e. The van der Waals surface area contributed by atoms with Crippen LogP contribution in [0.1, 0.15) is 31.1 Å². The molecule has 0 unspecified atom stereocenters. The monoisotopic (exact) mass is 277 g/mol. The molecule has 4 nitrogen and oxygen atoms in total. The summed E-state index contributed by atoms with van der Waals surface area (Å²) in [5.74, 6) is 0. The highest BCUT2D eigenvalue weighted by Crippen LogP contribution is 2.32. The third-order valence-corrected chi connectivity index (χ3v) is 3.10. The smallest absolute Gasteiger partial charge is 0.379 e. The van der Waals surface area contributed by atoms with E-state index in [1.54, 1.807) is 0 Å². The summed E-state index contributed by atoms with van der Waals surface area (Å²) in [6.45, 7) is 6.34. The molecule has 1 fully saturated rings. The predicted molar refractivity (Wildman–Crippen MR) is 63.7 cm³/mol. The van der Waals surface area contributed by atoms with E-state index in [1.165, 1.54) is 10.9 Å². The Morgan fingerprint density at radius 1 is 1.32 bits per heavy atom. The lowest BCUT2D eigenvalue weighted by atomic mass is 10.2.